The van der Waals surface area contributed by atoms with Crippen molar-refractivity contribution in [3.05, 3.63) is 75.6 Å². The molecule has 0 aliphatic carbocycles. The third-order valence-electron chi connectivity index (χ3n) is 4.17. The molecule has 0 aliphatic rings. The number of nitriles is 1. The number of hydrogen-bond acceptors (Lipinski definition) is 7. The Balaban J connectivity index is 2.16. The monoisotopic (exact) mass is 408 g/mol. The average molecular weight is 408 g/mol. The van der Waals surface area contributed by atoms with E-state index in [1.807, 2.05) is 37.3 Å². The van der Waals surface area contributed by atoms with Gasteiger partial charge in [0.1, 0.15) is 6.07 Å². The molecule has 0 saturated heterocycles. The number of ether oxygens (including phenoxy) is 1. The first-order valence-corrected chi connectivity index (χ1v) is 9.19. The number of carbonyl (C=O) groups excluding carboxylic acids is 1. The molecule has 146 valence electrons. The molecular formula is C20H16N4O4S. The molecule has 1 aromatic heterocycles. The minimum absolute atomic E-state index is 0.0430. The van der Waals surface area contributed by atoms with Crippen LogP contribution in [0.4, 0.5) is 11.4 Å². The van der Waals surface area contributed by atoms with E-state index < -0.39 is 10.9 Å². The number of carbonyl (C=O) groups is 1. The number of aryl methyl sites for hydroxylation is 1. The molecule has 8 nitrogen and oxygen atoms in total. The summed E-state index contributed by atoms with van der Waals surface area (Å²) in [4.78, 5) is 24.7. The van der Waals surface area contributed by atoms with Crippen molar-refractivity contribution >= 4 is 29.1 Å². The van der Waals surface area contributed by atoms with Crippen molar-refractivity contribution in [1.29, 1.82) is 5.26 Å². The van der Waals surface area contributed by atoms with Crippen LogP contribution in [-0.2, 0) is 4.74 Å². The fourth-order valence-electron chi connectivity index (χ4n) is 2.73. The van der Waals surface area contributed by atoms with Gasteiger partial charge in [0.2, 0.25) is 0 Å². The first-order chi connectivity index (χ1) is 13.8. The normalized spacial score (nSPS) is 10.4. The molecule has 9 heteroatoms. The first-order valence-electron chi connectivity index (χ1n) is 8.37. The molecule has 0 aliphatic heterocycles. The maximum absolute atomic E-state index is 12.2. The number of anilines is 1. The lowest BCUT2D eigenvalue weighted by molar-refractivity contribution is -0.385. The van der Waals surface area contributed by atoms with Gasteiger partial charge in [-0.15, -0.1) is 0 Å². The van der Waals surface area contributed by atoms with E-state index >= 15 is 0 Å². The highest BCUT2D eigenvalue weighted by molar-refractivity contribution is 7.99. The smallest absolute Gasteiger partial charge is 0.357 e. The average Bonchev–Trinajstić information content (AvgIpc) is 3.05. The standard InChI is InChI=1S/C20H16N4O4S/c1-12-3-5-16(6-4-12)29-17-8-14(7-15(9-17)24(26)27)23-11-13(10-21)18(22)19(23)20(25)28-2/h3-9,11H,22H2,1-2H3. The minimum atomic E-state index is -0.747. The molecule has 0 amide bonds. The summed E-state index contributed by atoms with van der Waals surface area (Å²) in [6, 6.07) is 14.1. The summed E-state index contributed by atoms with van der Waals surface area (Å²) in [6.07, 6.45) is 1.36. The topological polar surface area (TPSA) is 124 Å². The summed E-state index contributed by atoms with van der Waals surface area (Å²) in [7, 11) is 1.19. The van der Waals surface area contributed by atoms with E-state index in [1.54, 1.807) is 6.07 Å². The maximum atomic E-state index is 12.2. The minimum Gasteiger partial charge on any atom is -0.464 e. The molecule has 3 aromatic rings. The lowest BCUT2D eigenvalue weighted by atomic mass is 10.2. The zero-order valence-electron chi connectivity index (χ0n) is 15.6. The second kappa shape index (κ2) is 8.08. The number of rotatable bonds is 5. The van der Waals surface area contributed by atoms with Gasteiger partial charge in [0.15, 0.2) is 5.69 Å². The summed E-state index contributed by atoms with van der Waals surface area (Å²) in [5.41, 5.74) is 7.16. The maximum Gasteiger partial charge on any atom is 0.357 e. The van der Waals surface area contributed by atoms with Gasteiger partial charge in [-0.1, -0.05) is 29.5 Å². The Bertz CT molecular complexity index is 1150. The van der Waals surface area contributed by atoms with Crippen LogP contribution in [0.15, 0.2) is 58.5 Å². The fourth-order valence-corrected chi connectivity index (χ4v) is 3.64. The zero-order valence-corrected chi connectivity index (χ0v) is 16.4. The molecule has 0 atom stereocenters. The van der Waals surface area contributed by atoms with E-state index in [0.717, 1.165) is 10.5 Å². The number of benzene rings is 2. The largest absolute Gasteiger partial charge is 0.464 e. The number of nitro benzene ring substituents is 1. The van der Waals surface area contributed by atoms with Crippen molar-refractivity contribution in [3.63, 3.8) is 0 Å². The predicted molar refractivity (Wildman–Crippen MR) is 108 cm³/mol. The number of nitrogens with zero attached hydrogens (tertiary/aromatic N) is 3. The Hall–Kier alpha value is -3.77. The number of hydrogen-bond donors (Lipinski definition) is 1. The van der Waals surface area contributed by atoms with E-state index in [9.17, 15) is 20.2 Å². The number of non-ortho nitro benzene ring substituents is 1. The van der Waals surface area contributed by atoms with Gasteiger partial charge >= 0.3 is 5.97 Å². The quantitative estimate of drug-likeness (QED) is 0.383. The molecule has 0 fully saturated rings. The van der Waals surface area contributed by atoms with E-state index in [2.05, 4.69) is 0 Å². The van der Waals surface area contributed by atoms with E-state index in [4.69, 9.17) is 10.5 Å². The van der Waals surface area contributed by atoms with Gasteiger partial charge in [-0.05, 0) is 25.1 Å². The van der Waals surface area contributed by atoms with Gasteiger partial charge in [-0.2, -0.15) is 5.26 Å². The predicted octanol–water partition coefficient (Wildman–Crippen LogP) is 4.09. The first kappa shape index (κ1) is 20.0. The van der Waals surface area contributed by atoms with Crippen LogP contribution in [-0.4, -0.2) is 22.6 Å². The van der Waals surface area contributed by atoms with Crippen molar-refractivity contribution in [2.45, 2.75) is 16.7 Å². The summed E-state index contributed by atoms with van der Waals surface area (Å²) in [5, 5.41) is 20.7. The van der Waals surface area contributed by atoms with E-state index in [-0.39, 0.29) is 22.6 Å². The number of aromatic nitrogens is 1. The molecule has 0 spiro atoms. The lowest BCUT2D eigenvalue weighted by Gasteiger charge is -2.10. The van der Waals surface area contributed by atoms with Crippen molar-refractivity contribution in [3.8, 4) is 11.8 Å². The Labute approximate surface area is 170 Å². The third-order valence-corrected chi connectivity index (χ3v) is 5.14. The number of nitrogens with two attached hydrogens (primary N) is 1. The highest BCUT2D eigenvalue weighted by Crippen LogP contribution is 2.34. The van der Waals surface area contributed by atoms with E-state index in [1.165, 1.54) is 41.8 Å². The highest BCUT2D eigenvalue weighted by atomic mass is 32.2. The van der Waals surface area contributed by atoms with Crippen LogP contribution < -0.4 is 5.73 Å². The van der Waals surface area contributed by atoms with Crippen molar-refractivity contribution < 1.29 is 14.5 Å². The van der Waals surface area contributed by atoms with Gasteiger partial charge in [0, 0.05) is 28.1 Å². The molecular weight excluding hydrogens is 392 g/mol. The van der Waals surface area contributed by atoms with Crippen LogP contribution in [0.1, 0.15) is 21.6 Å². The van der Waals surface area contributed by atoms with Crippen molar-refractivity contribution in [2.24, 2.45) is 0 Å². The van der Waals surface area contributed by atoms with Gasteiger partial charge in [0.05, 0.1) is 29.0 Å². The summed E-state index contributed by atoms with van der Waals surface area (Å²) < 4.78 is 6.10. The molecule has 2 N–H and O–H groups in total. The van der Waals surface area contributed by atoms with Crippen LogP contribution >= 0.6 is 11.8 Å². The fraction of sp³-hybridized carbons (Fsp3) is 0.100. The zero-order chi connectivity index (χ0) is 21.1. The van der Waals surface area contributed by atoms with Gasteiger partial charge in [-0.25, -0.2) is 4.79 Å². The summed E-state index contributed by atoms with van der Waals surface area (Å²) >= 11 is 1.34. The number of methoxy groups -OCH3 is 1. The molecule has 2 aromatic carbocycles. The van der Waals surface area contributed by atoms with Crippen molar-refractivity contribution in [1.82, 2.24) is 4.57 Å². The Kier molecular flexibility index (Phi) is 5.57. The van der Waals surface area contributed by atoms with Gasteiger partial charge < -0.3 is 15.0 Å². The highest BCUT2D eigenvalue weighted by Gasteiger charge is 2.23. The SMILES string of the molecule is COC(=O)c1c(N)c(C#N)cn1-c1cc(Sc2ccc(C)cc2)cc([N+](=O)[O-])c1. The molecule has 0 unspecified atom stereocenters. The van der Waals surface area contributed by atoms with E-state index in [0.29, 0.717) is 10.6 Å². The van der Waals surface area contributed by atoms with Crippen molar-refractivity contribution in [2.75, 3.05) is 12.8 Å². The number of nitro groups is 1. The Morgan fingerprint density at radius 2 is 1.93 bits per heavy atom. The molecule has 0 saturated carbocycles. The third kappa shape index (κ3) is 4.07. The van der Waals surface area contributed by atoms with Gasteiger partial charge in [0.25, 0.3) is 5.69 Å². The second-order valence-electron chi connectivity index (χ2n) is 6.14. The molecule has 1 heterocycles. The molecule has 0 radical (unpaired) electrons. The van der Waals surface area contributed by atoms with Crippen LogP contribution in [0.2, 0.25) is 0 Å². The van der Waals surface area contributed by atoms with Gasteiger partial charge in [-0.3, -0.25) is 10.1 Å². The molecule has 29 heavy (non-hydrogen) atoms. The Morgan fingerprint density at radius 1 is 1.24 bits per heavy atom. The van der Waals surface area contributed by atoms with Crippen LogP contribution in [0.5, 0.6) is 0 Å². The number of nitrogen functional groups attached to an aromatic ring is 1. The molecule has 3 rings (SSSR count). The lowest BCUT2D eigenvalue weighted by Crippen LogP contribution is -2.11. The van der Waals surface area contributed by atoms with Crippen LogP contribution in [0.3, 0.4) is 0 Å². The summed E-state index contributed by atoms with van der Waals surface area (Å²) in [5.74, 6) is -0.747. The van der Waals surface area contributed by atoms with Crippen LogP contribution in [0, 0.1) is 28.4 Å². The number of esters is 1. The summed E-state index contributed by atoms with van der Waals surface area (Å²) in [6.45, 7) is 1.97. The second-order valence-corrected chi connectivity index (χ2v) is 7.28. The van der Waals surface area contributed by atoms with Crippen LogP contribution in [0.25, 0.3) is 5.69 Å². The Morgan fingerprint density at radius 3 is 2.52 bits per heavy atom. The molecule has 0 bridgehead atoms.